The fraction of sp³-hybridized carbons (Fsp3) is 0.333. The van der Waals surface area contributed by atoms with Gasteiger partial charge < -0.3 is 4.74 Å². The molecule has 0 amide bonds. The predicted octanol–water partition coefficient (Wildman–Crippen LogP) is 2.82. The second-order valence-corrected chi connectivity index (χ2v) is 4.07. The van der Waals surface area contributed by atoms with Crippen molar-refractivity contribution in [2.24, 2.45) is 5.92 Å². The van der Waals surface area contributed by atoms with E-state index in [2.05, 4.69) is 0 Å². The first-order valence-corrected chi connectivity index (χ1v) is 5.27. The quantitative estimate of drug-likeness (QED) is 0.809. The lowest BCUT2D eigenvalue weighted by Crippen LogP contribution is -2.16. The Labute approximate surface area is 99.6 Å². The molecule has 0 aliphatic rings. The lowest BCUT2D eigenvalue weighted by molar-refractivity contribution is -0.123. The van der Waals surface area contributed by atoms with Crippen LogP contribution in [0.25, 0.3) is 0 Å². The van der Waals surface area contributed by atoms with Crippen molar-refractivity contribution in [3.63, 3.8) is 0 Å². The van der Waals surface area contributed by atoms with Gasteiger partial charge in [-0.25, -0.2) is 0 Å². The molecule has 4 heteroatoms. The number of nitrogens with zero attached hydrogens (tertiary/aromatic N) is 1. The van der Waals surface area contributed by atoms with E-state index in [9.17, 15) is 4.79 Å². The van der Waals surface area contributed by atoms with Gasteiger partial charge in [-0.1, -0.05) is 25.4 Å². The third-order valence-electron chi connectivity index (χ3n) is 2.09. The van der Waals surface area contributed by atoms with E-state index in [4.69, 9.17) is 21.6 Å². The second-order valence-electron chi connectivity index (χ2n) is 3.66. The largest absolute Gasteiger partial charge is 0.486 e. The molecule has 0 spiro atoms. The third kappa shape index (κ3) is 3.25. The number of halogens is 1. The maximum absolute atomic E-state index is 11.3. The zero-order valence-corrected chi connectivity index (χ0v) is 9.91. The Kier molecular flexibility index (Phi) is 4.33. The van der Waals surface area contributed by atoms with Crippen LogP contribution in [-0.2, 0) is 4.79 Å². The summed E-state index contributed by atoms with van der Waals surface area (Å²) in [5.74, 6) is 0.479. The first kappa shape index (κ1) is 12.5. The standard InChI is InChI=1S/C12H12ClNO2/c1-8(2)12(15)7-16-10-4-3-9(6-14)11(13)5-10/h3-5,8H,7H2,1-2H3. The van der Waals surface area contributed by atoms with E-state index >= 15 is 0 Å². The molecular weight excluding hydrogens is 226 g/mol. The lowest BCUT2D eigenvalue weighted by atomic mass is 10.1. The van der Waals surface area contributed by atoms with Crippen molar-refractivity contribution in [3.05, 3.63) is 28.8 Å². The fourth-order valence-electron chi connectivity index (χ4n) is 0.997. The number of carbonyl (C=O) groups excluding carboxylic acids is 1. The normalized spacial score (nSPS) is 9.94. The van der Waals surface area contributed by atoms with E-state index in [1.54, 1.807) is 12.1 Å². The summed E-state index contributed by atoms with van der Waals surface area (Å²) in [5, 5.41) is 9.00. The number of rotatable bonds is 4. The topological polar surface area (TPSA) is 50.1 Å². The summed E-state index contributed by atoms with van der Waals surface area (Å²) in [7, 11) is 0. The molecule has 0 atom stereocenters. The number of nitriles is 1. The molecule has 1 aromatic carbocycles. The molecule has 0 heterocycles. The molecule has 1 rings (SSSR count). The molecule has 16 heavy (non-hydrogen) atoms. The van der Waals surface area contributed by atoms with Gasteiger partial charge in [0.05, 0.1) is 10.6 Å². The van der Waals surface area contributed by atoms with Crippen LogP contribution in [0.15, 0.2) is 18.2 Å². The van der Waals surface area contributed by atoms with Crippen molar-refractivity contribution in [3.8, 4) is 11.8 Å². The Morgan fingerprint density at radius 1 is 1.56 bits per heavy atom. The van der Waals surface area contributed by atoms with E-state index in [1.165, 1.54) is 6.07 Å². The highest BCUT2D eigenvalue weighted by Gasteiger charge is 2.08. The van der Waals surface area contributed by atoms with Gasteiger partial charge in [-0.05, 0) is 12.1 Å². The van der Waals surface area contributed by atoms with Gasteiger partial charge in [0.15, 0.2) is 5.78 Å². The zero-order chi connectivity index (χ0) is 12.1. The molecule has 0 bridgehead atoms. The highest BCUT2D eigenvalue weighted by atomic mass is 35.5. The van der Waals surface area contributed by atoms with Crippen LogP contribution in [0, 0.1) is 17.2 Å². The zero-order valence-electron chi connectivity index (χ0n) is 9.16. The Balaban J connectivity index is 2.66. The Morgan fingerprint density at radius 3 is 2.75 bits per heavy atom. The second kappa shape index (κ2) is 5.53. The summed E-state index contributed by atoms with van der Waals surface area (Å²) >= 11 is 5.82. The number of hydrogen-bond acceptors (Lipinski definition) is 3. The molecule has 0 aliphatic carbocycles. The first-order valence-electron chi connectivity index (χ1n) is 4.89. The summed E-state index contributed by atoms with van der Waals surface area (Å²) in [6, 6.07) is 6.68. The van der Waals surface area contributed by atoms with Gasteiger partial charge in [0, 0.05) is 12.0 Å². The minimum absolute atomic E-state index is 0.0277. The maximum atomic E-state index is 11.3. The van der Waals surface area contributed by atoms with Crippen molar-refractivity contribution in [1.82, 2.24) is 0 Å². The number of hydrogen-bond donors (Lipinski definition) is 0. The minimum atomic E-state index is -0.0474. The molecule has 0 aromatic heterocycles. The SMILES string of the molecule is CC(C)C(=O)COc1ccc(C#N)c(Cl)c1. The molecule has 0 saturated heterocycles. The molecule has 0 saturated carbocycles. The summed E-state index contributed by atoms with van der Waals surface area (Å²) in [4.78, 5) is 11.3. The fourth-order valence-corrected chi connectivity index (χ4v) is 1.21. The van der Waals surface area contributed by atoms with Gasteiger partial charge >= 0.3 is 0 Å². The van der Waals surface area contributed by atoms with Crippen LogP contribution in [0.1, 0.15) is 19.4 Å². The van der Waals surface area contributed by atoms with Gasteiger partial charge in [-0.2, -0.15) is 5.26 Å². The number of benzene rings is 1. The van der Waals surface area contributed by atoms with E-state index in [-0.39, 0.29) is 18.3 Å². The van der Waals surface area contributed by atoms with Crippen LogP contribution in [-0.4, -0.2) is 12.4 Å². The van der Waals surface area contributed by atoms with Crippen molar-refractivity contribution in [2.75, 3.05) is 6.61 Å². The maximum Gasteiger partial charge on any atom is 0.172 e. The third-order valence-corrected chi connectivity index (χ3v) is 2.40. The lowest BCUT2D eigenvalue weighted by Gasteiger charge is -2.07. The summed E-state index contributed by atoms with van der Waals surface area (Å²) in [5.41, 5.74) is 0.393. The van der Waals surface area contributed by atoms with Crippen molar-refractivity contribution in [2.45, 2.75) is 13.8 Å². The van der Waals surface area contributed by atoms with E-state index in [0.29, 0.717) is 16.3 Å². The van der Waals surface area contributed by atoms with Crippen LogP contribution in [0.5, 0.6) is 5.75 Å². The van der Waals surface area contributed by atoms with Crippen molar-refractivity contribution in [1.29, 1.82) is 5.26 Å². The summed E-state index contributed by atoms with van der Waals surface area (Å²) < 4.78 is 5.27. The van der Waals surface area contributed by atoms with Crippen LogP contribution >= 0.6 is 11.6 Å². The summed E-state index contributed by atoms with van der Waals surface area (Å²) in [6.07, 6.45) is 0. The highest BCUT2D eigenvalue weighted by molar-refractivity contribution is 6.31. The average Bonchev–Trinajstić information content (AvgIpc) is 2.25. The molecular formula is C12H12ClNO2. The van der Waals surface area contributed by atoms with Crippen molar-refractivity contribution < 1.29 is 9.53 Å². The van der Waals surface area contributed by atoms with Gasteiger partial charge in [0.1, 0.15) is 18.4 Å². The Bertz CT molecular complexity index is 435. The molecule has 1 aromatic rings. The number of Topliss-reactive ketones (excluding diaryl/α,β-unsaturated/α-hetero) is 1. The molecule has 0 unspecified atom stereocenters. The number of ether oxygens (including phenoxy) is 1. The number of carbonyl (C=O) groups is 1. The molecule has 0 radical (unpaired) electrons. The van der Waals surface area contributed by atoms with E-state index < -0.39 is 0 Å². The van der Waals surface area contributed by atoms with Gasteiger partial charge in [-0.15, -0.1) is 0 Å². The average molecular weight is 238 g/mol. The Hall–Kier alpha value is -1.53. The van der Waals surface area contributed by atoms with Crippen molar-refractivity contribution >= 4 is 17.4 Å². The monoisotopic (exact) mass is 237 g/mol. The smallest absolute Gasteiger partial charge is 0.172 e. The highest BCUT2D eigenvalue weighted by Crippen LogP contribution is 2.21. The van der Waals surface area contributed by atoms with Crippen LogP contribution in [0.4, 0.5) is 0 Å². The van der Waals surface area contributed by atoms with Gasteiger partial charge in [0.2, 0.25) is 0 Å². The number of ketones is 1. The molecule has 0 fully saturated rings. The summed E-state index contributed by atoms with van der Waals surface area (Å²) in [6.45, 7) is 3.66. The van der Waals surface area contributed by atoms with Crippen LogP contribution < -0.4 is 4.74 Å². The molecule has 3 nitrogen and oxygen atoms in total. The van der Waals surface area contributed by atoms with Gasteiger partial charge in [-0.3, -0.25) is 4.79 Å². The Morgan fingerprint density at radius 2 is 2.25 bits per heavy atom. The molecule has 84 valence electrons. The van der Waals surface area contributed by atoms with E-state index in [1.807, 2.05) is 19.9 Å². The van der Waals surface area contributed by atoms with E-state index in [0.717, 1.165) is 0 Å². The minimum Gasteiger partial charge on any atom is -0.486 e. The van der Waals surface area contributed by atoms with Crippen LogP contribution in [0.2, 0.25) is 5.02 Å². The van der Waals surface area contributed by atoms with Gasteiger partial charge in [0.25, 0.3) is 0 Å². The molecule has 0 aliphatic heterocycles. The first-order chi connectivity index (χ1) is 7.54. The predicted molar refractivity (Wildman–Crippen MR) is 61.5 cm³/mol. The van der Waals surface area contributed by atoms with Crippen LogP contribution in [0.3, 0.4) is 0 Å². The molecule has 0 N–H and O–H groups in total.